The quantitative estimate of drug-likeness (QED) is 0.312. The van der Waals surface area contributed by atoms with Gasteiger partial charge in [0.1, 0.15) is 4.83 Å². The Morgan fingerprint density at radius 2 is 1.93 bits per heavy atom. The first-order chi connectivity index (χ1) is 13.8. The van der Waals surface area contributed by atoms with Crippen LogP contribution in [0.3, 0.4) is 0 Å². The predicted molar refractivity (Wildman–Crippen MR) is 118 cm³/mol. The molecule has 1 unspecified atom stereocenters. The van der Waals surface area contributed by atoms with E-state index in [1.807, 2.05) is 27.7 Å². The van der Waals surface area contributed by atoms with Gasteiger partial charge < -0.3 is 9.47 Å². The number of carbonyl (C=O) groups excluding carboxylic acids is 1. The van der Waals surface area contributed by atoms with Crippen molar-refractivity contribution >= 4 is 39.1 Å². The molecule has 0 saturated carbocycles. The fourth-order valence-corrected chi connectivity index (χ4v) is 5.23. The summed E-state index contributed by atoms with van der Waals surface area (Å²) < 4.78 is 12.2. The normalized spacial score (nSPS) is 12.2. The van der Waals surface area contributed by atoms with Crippen LogP contribution in [0.15, 0.2) is 28.2 Å². The molecule has 1 aromatic carbocycles. The van der Waals surface area contributed by atoms with Crippen LogP contribution < -0.4 is 15.0 Å². The van der Waals surface area contributed by atoms with E-state index in [0.29, 0.717) is 34.1 Å². The average molecular weight is 433 g/mol. The van der Waals surface area contributed by atoms with Crippen molar-refractivity contribution in [3.63, 3.8) is 0 Å². The van der Waals surface area contributed by atoms with Crippen LogP contribution in [-0.2, 0) is 6.54 Å². The summed E-state index contributed by atoms with van der Waals surface area (Å²) in [4.78, 5) is 32.5. The Morgan fingerprint density at radius 1 is 1.24 bits per heavy atom. The zero-order valence-electron chi connectivity index (χ0n) is 17.4. The molecule has 0 amide bonds. The highest BCUT2D eigenvalue weighted by atomic mass is 32.2. The van der Waals surface area contributed by atoms with E-state index in [9.17, 15) is 9.59 Å². The molecule has 3 aromatic rings. The molecular weight excluding hydrogens is 408 g/mol. The standard InChI is InChI=1S/C21H24N2O4S2/c1-7-23-20(25)17-11(2)12(3)28-19(17)22-21(23)29-13(4)18(24)14-8-9-15(26-5)16(10-14)27-6/h8-10,13H,7H2,1-6H3. The van der Waals surface area contributed by atoms with Crippen molar-refractivity contribution in [1.82, 2.24) is 9.55 Å². The van der Waals surface area contributed by atoms with Crippen molar-refractivity contribution in [2.75, 3.05) is 14.2 Å². The van der Waals surface area contributed by atoms with Crippen molar-refractivity contribution in [2.24, 2.45) is 0 Å². The van der Waals surface area contributed by atoms with Gasteiger partial charge in [0.25, 0.3) is 5.56 Å². The summed E-state index contributed by atoms with van der Waals surface area (Å²) >= 11 is 2.82. The molecule has 0 aliphatic carbocycles. The number of hydrogen-bond acceptors (Lipinski definition) is 7. The van der Waals surface area contributed by atoms with Gasteiger partial charge in [-0.3, -0.25) is 14.2 Å². The smallest absolute Gasteiger partial charge is 0.263 e. The number of thioether (sulfide) groups is 1. The zero-order valence-corrected chi connectivity index (χ0v) is 19.0. The molecule has 3 rings (SSSR count). The highest BCUT2D eigenvalue weighted by molar-refractivity contribution is 8.00. The van der Waals surface area contributed by atoms with Crippen LogP contribution in [-0.4, -0.2) is 34.8 Å². The summed E-state index contributed by atoms with van der Waals surface area (Å²) in [5.41, 5.74) is 1.46. The maximum Gasteiger partial charge on any atom is 0.263 e. The van der Waals surface area contributed by atoms with Gasteiger partial charge in [0.2, 0.25) is 0 Å². The van der Waals surface area contributed by atoms with Crippen molar-refractivity contribution in [2.45, 2.75) is 44.6 Å². The number of Topliss-reactive ketones (excluding diaryl/α,β-unsaturated/α-hetero) is 1. The summed E-state index contributed by atoms with van der Waals surface area (Å²) in [5.74, 6) is 1.01. The van der Waals surface area contributed by atoms with E-state index in [1.165, 1.54) is 30.2 Å². The summed E-state index contributed by atoms with van der Waals surface area (Å²) in [7, 11) is 3.09. The molecule has 154 valence electrons. The lowest BCUT2D eigenvalue weighted by Gasteiger charge is -2.15. The third-order valence-electron chi connectivity index (χ3n) is 4.89. The number of aryl methyl sites for hydroxylation is 2. The summed E-state index contributed by atoms with van der Waals surface area (Å²) in [6, 6.07) is 5.11. The van der Waals surface area contributed by atoms with Crippen LogP contribution >= 0.6 is 23.1 Å². The Balaban J connectivity index is 1.96. The van der Waals surface area contributed by atoms with Gasteiger partial charge in [-0.25, -0.2) is 4.98 Å². The lowest BCUT2D eigenvalue weighted by atomic mass is 10.1. The van der Waals surface area contributed by atoms with E-state index in [0.717, 1.165) is 15.3 Å². The summed E-state index contributed by atoms with van der Waals surface area (Å²) in [6.07, 6.45) is 0. The van der Waals surface area contributed by atoms with Gasteiger partial charge >= 0.3 is 0 Å². The van der Waals surface area contributed by atoms with E-state index in [4.69, 9.17) is 14.5 Å². The first-order valence-electron chi connectivity index (χ1n) is 9.25. The van der Waals surface area contributed by atoms with Crippen LogP contribution in [0.5, 0.6) is 11.5 Å². The topological polar surface area (TPSA) is 70.4 Å². The Morgan fingerprint density at radius 3 is 2.55 bits per heavy atom. The molecule has 0 aliphatic heterocycles. The Bertz CT molecular complexity index is 1130. The Kier molecular flexibility index (Phi) is 6.33. The monoisotopic (exact) mass is 432 g/mol. The Hall–Kier alpha value is -2.32. The lowest BCUT2D eigenvalue weighted by molar-refractivity contribution is 0.0993. The van der Waals surface area contributed by atoms with Crippen LogP contribution in [0, 0.1) is 13.8 Å². The van der Waals surface area contributed by atoms with E-state index < -0.39 is 5.25 Å². The molecule has 0 radical (unpaired) electrons. The van der Waals surface area contributed by atoms with Crippen molar-refractivity contribution in [1.29, 1.82) is 0 Å². The lowest BCUT2D eigenvalue weighted by Crippen LogP contribution is -2.24. The maximum absolute atomic E-state index is 13.0. The first kappa shape index (κ1) is 21.4. The number of carbonyl (C=O) groups is 1. The largest absolute Gasteiger partial charge is 0.493 e. The van der Waals surface area contributed by atoms with Crippen LogP contribution in [0.2, 0.25) is 0 Å². The van der Waals surface area contributed by atoms with Crippen molar-refractivity contribution in [3.05, 3.63) is 44.6 Å². The number of rotatable bonds is 7. The fraction of sp³-hybridized carbons (Fsp3) is 0.381. The number of ketones is 1. The molecule has 8 heteroatoms. The minimum atomic E-state index is -0.419. The average Bonchev–Trinajstić information content (AvgIpc) is 3.00. The van der Waals surface area contributed by atoms with Gasteiger partial charge in [-0.15, -0.1) is 11.3 Å². The number of aromatic nitrogens is 2. The molecule has 0 spiro atoms. The summed E-state index contributed by atoms with van der Waals surface area (Å²) in [6.45, 7) is 8.18. The third-order valence-corrected chi connectivity index (χ3v) is 7.08. The SMILES string of the molecule is CCn1c(SC(C)C(=O)c2ccc(OC)c(OC)c2)nc2sc(C)c(C)c2c1=O. The molecule has 2 heterocycles. The van der Waals surface area contributed by atoms with Crippen LogP contribution in [0.1, 0.15) is 34.6 Å². The Labute approximate surface area is 177 Å². The number of nitrogens with zero attached hydrogens (tertiary/aromatic N) is 2. The van der Waals surface area contributed by atoms with Crippen molar-refractivity contribution < 1.29 is 14.3 Å². The molecular formula is C21H24N2O4S2. The van der Waals surface area contributed by atoms with Gasteiger partial charge in [0, 0.05) is 17.0 Å². The maximum atomic E-state index is 13.0. The molecule has 6 nitrogen and oxygen atoms in total. The van der Waals surface area contributed by atoms with Gasteiger partial charge in [-0.1, -0.05) is 11.8 Å². The van der Waals surface area contributed by atoms with E-state index in [2.05, 4.69) is 0 Å². The molecule has 0 N–H and O–H groups in total. The van der Waals surface area contributed by atoms with Gasteiger partial charge in [0.05, 0.1) is 24.9 Å². The number of thiophene rings is 1. The number of methoxy groups -OCH3 is 2. The van der Waals surface area contributed by atoms with Gasteiger partial charge in [-0.05, 0) is 51.5 Å². The predicted octanol–water partition coefficient (Wildman–Crippen LogP) is 4.48. The molecule has 0 aliphatic rings. The number of fused-ring (bicyclic) bond motifs is 1. The second-order valence-corrected chi connectivity index (χ2v) is 9.11. The number of benzene rings is 1. The van der Waals surface area contributed by atoms with E-state index in [-0.39, 0.29) is 11.3 Å². The van der Waals surface area contributed by atoms with Gasteiger partial charge in [-0.2, -0.15) is 0 Å². The minimum Gasteiger partial charge on any atom is -0.493 e. The molecule has 1 atom stereocenters. The second-order valence-electron chi connectivity index (χ2n) is 6.60. The van der Waals surface area contributed by atoms with Crippen LogP contribution in [0.4, 0.5) is 0 Å². The first-order valence-corrected chi connectivity index (χ1v) is 10.9. The van der Waals surface area contributed by atoms with Crippen molar-refractivity contribution in [3.8, 4) is 11.5 Å². The number of hydrogen-bond donors (Lipinski definition) is 0. The van der Waals surface area contributed by atoms with E-state index >= 15 is 0 Å². The number of ether oxygens (including phenoxy) is 2. The molecule has 2 aromatic heterocycles. The molecule has 0 saturated heterocycles. The zero-order chi connectivity index (χ0) is 21.3. The highest BCUT2D eigenvalue weighted by Gasteiger charge is 2.22. The third kappa shape index (κ3) is 3.91. The molecule has 29 heavy (non-hydrogen) atoms. The highest BCUT2D eigenvalue weighted by Crippen LogP contribution is 2.32. The minimum absolute atomic E-state index is 0.0485. The van der Waals surface area contributed by atoms with Gasteiger partial charge in [0.15, 0.2) is 22.4 Å². The van der Waals surface area contributed by atoms with E-state index in [1.54, 1.807) is 29.9 Å². The summed E-state index contributed by atoms with van der Waals surface area (Å²) in [5, 5.41) is 0.822. The fourth-order valence-electron chi connectivity index (χ4n) is 3.11. The second kappa shape index (κ2) is 8.59. The molecule has 0 fully saturated rings. The van der Waals surface area contributed by atoms with Crippen LogP contribution in [0.25, 0.3) is 10.2 Å². The molecule has 0 bridgehead atoms.